The molecule has 1 aromatic heterocycles. The summed E-state index contributed by atoms with van der Waals surface area (Å²) in [5.41, 5.74) is 3.69. The molecule has 1 unspecified atom stereocenters. The minimum atomic E-state index is 0.0474. The smallest absolute Gasteiger partial charge is 0.257 e. The average molecular weight is 410 g/mol. The Morgan fingerprint density at radius 3 is 2.72 bits per heavy atom. The van der Waals surface area contributed by atoms with Gasteiger partial charge in [-0.3, -0.25) is 4.79 Å². The van der Waals surface area contributed by atoms with Crippen molar-refractivity contribution in [3.8, 4) is 11.4 Å². The van der Waals surface area contributed by atoms with Gasteiger partial charge >= 0.3 is 0 Å². The van der Waals surface area contributed by atoms with E-state index in [1.54, 1.807) is 13.3 Å². The lowest BCUT2D eigenvalue weighted by Crippen LogP contribution is -2.29. The molecule has 2 aromatic carbocycles. The minimum absolute atomic E-state index is 0.0474. The van der Waals surface area contributed by atoms with Crippen LogP contribution in [0.2, 0.25) is 5.02 Å². The topological polar surface area (TPSA) is 47.4 Å². The molecule has 1 saturated heterocycles. The zero-order valence-corrected chi connectivity index (χ0v) is 17.4. The molecular weight excluding hydrogens is 386 g/mol. The molecule has 1 atom stereocenters. The standard InChI is InChI=1S/C23H24ClN3O2/c1-3-22-21(14-25-27(22)19-6-4-5-18(24)13-19)23(28)26-12-11-17(15-26)16-7-9-20(29-2)10-8-16/h4-10,13-14,17H,3,11-12,15H2,1-2H3. The second-order valence-corrected chi connectivity index (χ2v) is 7.70. The minimum Gasteiger partial charge on any atom is -0.497 e. The number of nitrogens with zero attached hydrogens (tertiary/aromatic N) is 3. The summed E-state index contributed by atoms with van der Waals surface area (Å²) in [6.45, 7) is 3.51. The number of hydrogen-bond donors (Lipinski definition) is 0. The summed E-state index contributed by atoms with van der Waals surface area (Å²) in [6.07, 6.45) is 3.36. The molecule has 0 N–H and O–H groups in total. The van der Waals surface area contributed by atoms with Crippen molar-refractivity contribution in [2.45, 2.75) is 25.7 Å². The number of halogens is 1. The van der Waals surface area contributed by atoms with Crippen LogP contribution in [0, 0.1) is 0 Å². The second kappa shape index (κ2) is 8.29. The highest BCUT2D eigenvalue weighted by atomic mass is 35.5. The molecule has 1 aliphatic heterocycles. The van der Waals surface area contributed by atoms with Crippen molar-refractivity contribution in [2.75, 3.05) is 20.2 Å². The fourth-order valence-electron chi connectivity index (χ4n) is 3.99. The third-order valence-electron chi connectivity index (χ3n) is 5.55. The molecule has 1 amide bonds. The first-order valence-corrected chi connectivity index (χ1v) is 10.2. The van der Waals surface area contributed by atoms with Crippen molar-refractivity contribution < 1.29 is 9.53 Å². The number of likely N-dealkylation sites (tertiary alicyclic amines) is 1. The summed E-state index contributed by atoms with van der Waals surface area (Å²) >= 11 is 6.13. The van der Waals surface area contributed by atoms with E-state index in [0.29, 0.717) is 22.9 Å². The third kappa shape index (κ3) is 3.87. The fraction of sp³-hybridized carbons (Fsp3) is 0.304. The predicted molar refractivity (Wildman–Crippen MR) is 114 cm³/mol. The fourth-order valence-corrected chi connectivity index (χ4v) is 4.17. The summed E-state index contributed by atoms with van der Waals surface area (Å²) in [5.74, 6) is 1.24. The molecule has 1 aliphatic rings. The van der Waals surface area contributed by atoms with Gasteiger partial charge in [-0.1, -0.05) is 36.7 Å². The number of carbonyl (C=O) groups is 1. The Bertz CT molecular complexity index is 1010. The van der Waals surface area contributed by atoms with Crippen LogP contribution in [-0.2, 0) is 6.42 Å². The molecule has 0 saturated carbocycles. The lowest BCUT2D eigenvalue weighted by Gasteiger charge is -2.17. The first-order valence-electron chi connectivity index (χ1n) is 9.86. The van der Waals surface area contributed by atoms with Crippen LogP contribution in [0.3, 0.4) is 0 Å². The van der Waals surface area contributed by atoms with Crippen LogP contribution in [0.1, 0.15) is 40.9 Å². The molecule has 4 rings (SSSR count). The summed E-state index contributed by atoms with van der Waals surface area (Å²) in [7, 11) is 1.67. The van der Waals surface area contributed by atoms with Gasteiger partial charge in [0, 0.05) is 24.0 Å². The highest BCUT2D eigenvalue weighted by molar-refractivity contribution is 6.30. The molecule has 0 aliphatic carbocycles. The molecule has 1 fully saturated rings. The maximum absolute atomic E-state index is 13.2. The molecule has 5 nitrogen and oxygen atoms in total. The molecule has 0 radical (unpaired) electrons. The average Bonchev–Trinajstić information content (AvgIpc) is 3.40. The van der Waals surface area contributed by atoms with E-state index in [1.165, 1.54) is 5.56 Å². The van der Waals surface area contributed by atoms with Crippen molar-refractivity contribution in [2.24, 2.45) is 0 Å². The number of rotatable bonds is 5. The van der Waals surface area contributed by atoms with Gasteiger partial charge in [0.15, 0.2) is 0 Å². The van der Waals surface area contributed by atoms with Crippen molar-refractivity contribution in [1.82, 2.24) is 14.7 Å². The van der Waals surface area contributed by atoms with Crippen LogP contribution in [-0.4, -0.2) is 40.8 Å². The van der Waals surface area contributed by atoms with Gasteiger partial charge in [-0.15, -0.1) is 0 Å². The van der Waals surface area contributed by atoms with Crippen LogP contribution >= 0.6 is 11.6 Å². The van der Waals surface area contributed by atoms with Gasteiger partial charge in [0.2, 0.25) is 0 Å². The molecule has 150 valence electrons. The van der Waals surface area contributed by atoms with E-state index in [-0.39, 0.29) is 5.91 Å². The molecule has 2 heterocycles. The van der Waals surface area contributed by atoms with Crippen LogP contribution in [0.15, 0.2) is 54.7 Å². The van der Waals surface area contributed by atoms with Crippen molar-refractivity contribution in [3.63, 3.8) is 0 Å². The first kappa shape index (κ1) is 19.5. The molecule has 29 heavy (non-hydrogen) atoms. The van der Waals surface area contributed by atoms with E-state index in [1.807, 2.05) is 52.9 Å². The van der Waals surface area contributed by atoms with Crippen molar-refractivity contribution in [1.29, 1.82) is 0 Å². The van der Waals surface area contributed by atoms with Gasteiger partial charge in [0.05, 0.1) is 30.3 Å². The van der Waals surface area contributed by atoms with E-state index in [9.17, 15) is 4.79 Å². The van der Waals surface area contributed by atoms with Crippen molar-refractivity contribution >= 4 is 17.5 Å². The second-order valence-electron chi connectivity index (χ2n) is 7.26. The lowest BCUT2D eigenvalue weighted by atomic mass is 9.98. The Morgan fingerprint density at radius 2 is 2.03 bits per heavy atom. The van der Waals surface area contributed by atoms with Gasteiger partial charge in [0.25, 0.3) is 5.91 Å². The predicted octanol–water partition coefficient (Wildman–Crippen LogP) is 4.73. The maximum atomic E-state index is 13.2. The first-order chi connectivity index (χ1) is 14.1. The lowest BCUT2D eigenvalue weighted by molar-refractivity contribution is 0.0789. The van der Waals surface area contributed by atoms with Gasteiger partial charge in [-0.05, 0) is 48.7 Å². The van der Waals surface area contributed by atoms with E-state index in [4.69, 9.17) is 16.3 Å². The Kier molecular flexibility index (Phi) is 5.58. The van der Waals surface area contributed by atoms with Crippen LogP contribution in [0.4, 0.5) is 0 Å². The normalized spacial score (nSPS) is 16.2. The largest absolute Gasteiger partial charge is 0.497 e. The number of hydrogen-bond acceptors (Lipinski definition) is 3. The van der Waals surface area contributed by atoms with Crippen LogP contribution in [0.25, 0.3) is 5.69 Å². The number of amides is 1. The Morgan fingerprint density at radius 1 is 1.24 bits per heavy atom. The van der Waals surface area contributed by atoms with Crippen molar-refractivity contribution in [3.05, 3.63) is 76.6 Å². The van der Waals surface area contributed by atoms with Crippen LogP contribution < -0.4 is 4.74 Å². The summed E-state index contributed by atoms with van der Waals surface area (Å²) < 4.78 is 7.05. The molecule has 0 spiro atoms. The zero-order valence-electron chi connectivity index (χ0n) is 16.6. The van der Waals surface area contributed by atoms with Gasteiger partial charge in [-0.2, -0.15) is 5.10 Å². The summed E-state index contributed by atoms with van der Waals surface area (Å²) in [4.78, 5) is 15.2. The monoisotopic (exact) mass is 409 g/mol. The quantitative estimate of drug-likeness (QED) is 0.612. The Hall–Kier alpha value is -2.79. The molecule has 0 bridgehead atoms. The van der Waals surface area contributed by atoms with E-state index >= 15 is 0 Å². The number of carbonyl (C=O) groups excluding carboxylic acids is 1. The van der Waals surface area contributed by atoms with E-state index in [0.717, 1.165) is 36.6 Å². The van der Waals surface area contributed by atoms with Gasteiger partial charge < -0.3 is 9.64 Å². The highest BCUT2D eigenvalue weighted by Gasteiger charge is 2.30. The van der Waals surface area contributed by atoms with Gasteiger partial charge in [0.1, 0.15) is 5.75 Å². The van der Waals surface area contributed by atoms with Crippen LogP contribution in [0.5, 0.6) is 5.75 Å². The summed E-state index contributed by atoms with van der Waals surface area (Å²) in [6, 6.07) is 15.7. The molecule has 6 heteroatoms. The number of ether oxygens (including phenoxy) is 1. The number of aromatic nitrogens is 2. The SMILES string of the molecule is CCc1c(C(=O)N2CCC(c3ccc(OC)cc3)C2)cnn1-c1cccc(Cl)c1. The number of methoxy groups -OCH3 is 1. The molecule has 3 aromatic rings. The number of benzene rings is 2. The van der Waals surface area contributed by atoms with E-state index < -0.39 is 0 Å². The third-order valence-corrected chi connectivity index (χ3v) is 5.78. The Balaban J connectivity index is 1.54. The van der Waals surface area contributed by atoms with E-state index in [2.05, 4.69) is 17.2 Å². The maximum Gasteiger partial charge on any atom is 0.257 e. The van der Waals surface area contributed by atoms with Gasteiger partial charge in [-0.25, -0.2) is 4.68 Å². The Labute approximate surface area is 175 Å². The molecular formula is C23H24ClN3O2. The zero-order chi connectivity index (χ0) is 20.4. The summed E-state index contributed by atoms with van der Waals surface area (Å²) in [5, 5.41) is 5.13. The highest BCUT2D eigenvalue weighted by Crippen LogP contribution is 2.30.